The third-order valence-electron chi connectivity index (χ3n) is 2.44. The molecule has 0 aliphatic rings. The number of carboxylic acid groups (broad SMARTS) is 2. The summed E-state index contributed by atoms with van der Waals surface area (Å²) in [6, 6.07) is 4.12. The van der Waals surface area contributed by atoms with Gasteiger partial charge in [0.2, 0.25) is 5.91 Å². The summed E-state index contributed by atoms with van der Waals surface area (Å²) < 4.78 is 18.2. The Morgan fingerprint density at radius 2 is 1.90 bits per heavy atom. The maximum absolute atomic E-state index is 13.2. The fourth-order valence-electron chi connectivity index (χ4n) is 1.46. The fraction of sp³-hybridized carbons (Fsp3) is 0.308. The molecule has 0 spiro atoms. The summed E-state index contributed by atoms with van der Waals surface area (Å²) in [4.78, 5) is 32.7. The van der Waals surface area contributed by atoms with Gasteiger partial charge in [0.15, 0.2) is 11.6 Å². The highest BCUT2D eigenvalue weighted by Crippen LogP contribution is 2.15. The molecule has 0 unspecified atom stereocenters. The van der Waals surface area contributed by atoms with Crippen molar-refractivity contribution in [2.24, 2.45) is 0 Å². The van der Waals surface area contributed by atoms with E-state index < -0.39 is 36.1 Å². The molecule has 1 aromatic carbocycles. The van der Waals surface area contributed by atoms with Gasteiger partial charge in [0.1, 0.15) is 6.04 Å². The Morgan fingerprint density at radius 1 is 1.24 bits per heavy atom. The molecule has 0 saturated heterocycles. The third-order valence-corrected chi connectivity index (χ3v) is 2.44. The topological polar surface area (TPSA) is 113 Å². The molecule has 0 bridgehead atoms. The van der Waals surface area contributed by atoms with E-state index in [1.807, 2.05) is 0 Å². The SMILES string of the molecule is O=C(O)C[C@H](NC(=O)CCOc1ccccc1F)C(=O)O. The molecule has 1 rings (SSSR count). The van der Waals surface area contributed by atoms with Crippen molar-refractivity contribution < 1.29 is 33.7 Å². The maximum Gasteiger partial charge on any atom is 0.326 e. The number of hydrogen-bond acceptors (Lipinski definition) is 4. The Morgan fingerprint density at radius 3 is 2.48 bits per heavy atom. The molecule has 8 heteroatoms. The number of carbonyl (C=O) groups excluding carboxylic acids is 1. The van der Waals surface area contributed by atoms with Gasteiger partial charge in [-0.3, -0.25) is 9.59 Å². The second kappa shape index (κ2) is 7.83. The Labute approximate surface area is 119 Å². The van der Waals surface area contributed by atoms with Gasteiger partial charge in [-0.15, -0.1) is 0 Å². The van der Waals surface area contributed by atoms with Crippen LogP contribution >= 0.6 is 0 Å². The van der Waals surface area contributed by atoms with E-state index in [9.17, 15) is 18.8 Å². The molecule has 1 aromatic rings. The second-order valence-electron chi connectivity index (χ2n) is 4.09. The van der Waals surface area contributed by atoms with Gasteiger partial charge < -0.3 is 20.3 Å². The average Bonchev–Trinajstić information content (AvgIpc) is 2.39. The highest BCUT2D eigenvalue weighted by molar-refractivity contribution is 5.86. The van der Waals surface area contributed by atoms with Crippen LogP contribution in [0.3, 0.4) is 0 Å². The van der Waals surface area contributed by atoms with E-state index in [4.69, 9.17) is 14.9 Å². The van der Waals surface area contributed by atoms with Crippen LogP contribution in [0.1, 0.15) is 12.8 Å². The zero-order valence-corrected chi connectivity index (χ0v) is 10.9. The third kappa shape index (κ3) is 5.89. The van der Waals surface area contributed by atoms with Gasteiger partial charge in [-0.1, -0.05) is 12.1 Å². The number of carbonyl (C=O) groups is 3. The van der Waals surface area contributed by atoms with Crippen LogP contribution < -0.4 is 10.1 Å². The molecular formula is C13H14FNO6. The predicted molar refractivity (Wildman–Crippen MR) is 68.3 cm³/mol. The number of ether oxygens (including phenoxy) is 1. The Kier molecular flexibility index (Phi) is 6.12. The molecule has 0 aromatic heterocycles. The number of aliphatic carboxylic acids is 2. The van der Waals surface area contributed by atoms with Gasteiger partial charge in [0.25, 0.3) is 0 Å². The lowest BCUT2D eigenvalue weighted by molar-refractivity contribution is -0.147. The van der Waals surface area contributed by atoms with Crippen LogP contribution in [0.2, 0.25) is 0 Å². The van der Waals surface area contributed by atoms with Crippen LogP contribution in [-0.2, 0) is 14.4 Å². The number of halogens is 1. The van der Waals surface area contributed by atoms with E-state index in [2.05, 4.69) is 5.32 Å². The van der Waals surface area contributed by atoms with Crippen LogP contribution in [0.25, 0.3) is 0 Å². The molecule has 0 aliphatic carbocycles. The largest absolute Gasteiger partial charge is 0.490 e. The number of para-hydroxylation sites is 1. The molecule has 0 fully saturated rings. The van der Waals surface area contributed by atoms with Crippen LogP contribution in [0, 0.1) is 5.82 Å². The molecule has 3 N–H and O–H groups in total. The van der Waals surface area contributed by atoms with Gasteiger partial charge in [0, 0.05) is 0 Å². The zero-order chi connectivity index (χ0) is 15.8. The van der Waals surface area contributed by atoms with Gasteiger partial charge in [0.05, 0.1) is 19.4 Å². The molecule has 1 atom stereocenters. The summed E-state index contributed by atoms with van der Waals surface area (Å²) >= 11 is 0. The van der Waals surface area contributed by atoms with Gasteiger partial charge in [-0.05, 0) is 12.1 Å². The lowest BCUT2D eigenvalue weighted by Gasteiger charge is -2.12. The number of benzene rings is 1. The molecule has 0 heterocycles. The van der Waals surface area contributed by atoms with Crippen LogP contribution in [0.15, 0.2) is 24.3 Å². The monoisotopic (exact) mass is 299 g/mol. The second-order valence-corrected chi connectivity index (χ2v) is 4.09. The zero-order valence-electron chi connectivity index (χ0n) is 10.9. The van der Waals surface area contributed by atoms with Crippen molar-refractivity contribution in [1.82, 2.24) is 5.32 Å². The fourth-order valence-corrected chi connectivity index (χ4v) is 1.46. The van der Waals surface area contributed by atoms with Crippen molar-refractivity contribution in [3.63, 3.8) is 0 Å². The Hall–Kier alpha value is -2.64. The van der Waals surface area contributed by atoms with Crippen molar-refractivity contribution in [3.8, 4) is 5.75 Å². The molecule has 7 nitrogen and oxygen atoms in total. The summed E-state index contributed by atoms with van der Waals surface area (Å²) in [6.45, 7) is -0.161. The molecule has 114 valence electrons. The van der Waals surface area contributed by atoms with Crippen molar-refractivity contribution in [2.75, 3.05) is 6.61 Å². The highest BCUT2D eigenvalue weighted by atomic mass is 19.1. The van der Waals surface area contributed by atoms with E-state index >= 15 is 0 Å². The molecule has 21 heavy (non-hydrogen) atoms. The summed E-state index contributed by atoms with van der Waals surface area (Å²) in [6.07, 6.45) is -0.951. The van der Waals surface area contributed by atoms with Crippen molar-refractivity contribution in [2.45, 2.75) is 18.9 Å². The minimum atomic E-state index is -1.51. The number of rotatable bonds is 8. The standard InChI is InChI=1S/C13H14FNO6/c14-8-3-1-2-4-10(8)21-6-5-11(16)15-9(13(19)20)7-12(17)18/h1-4,9H,5-7H2,(H,15,16)(H,17,18)(H,19,20)/t9-/m0/s1. The first kappa shape index (κ1) is 16.4. The maximum atomic E-state index is 13.2. The first-order valence-corrected chi connectivity index (χ1v) is 6.01. The van der Waals surface area contributed by atoms with Crippen LogP contribution in [0.5, 0.6) is 5.75 Å². The first-order valence-electron chi connectivity index (χ1n) is 6.01. The van der Waals surface area contributed by atoms with E-state index in [0.29, 0.717) is 0 Å². The first-order chi connectivity index (χ1) is 9.90. The molecule has 0 radical (unpaired) electrons. The minimum Gasteiger partial charge on any atom is -0.490 e. The van der Waals surface area contributed by atoms with Crippen LogP contribution in [0.4, 0.5) is 4.39 Å². The van der Waals surface area contributed by atoms with Crippen LogP contribution in [-0.4, -0.2) is 40.7 Å². The number of amides is 1. The quantitative estimate of drug-likeness (QED) is 0.649. The van der Waals surface area contributed by atoms with E-state index in [1.54, 1.807) is 6.07 Å². The Balaban J connectivity index is 2.41. The molecule has 0 aliphatic heterocycles. The number of nitrogens with one attached hydrogen (secondary N) is 1. The lowest BCUT2D eigenvalue weighted by Crippen LogP contribution is -2.42. The smallest absolute Gasteiger partial charge is 0.326 e. The highest BCUT2D eigenvalue weighted by Gasteiger charge is 2.22. The Bertz CT molecular complexity index is 533. The molecule has 1 amide bonds. The van der Waals surface area contributed by atoms with Gasteiger partial charge in [-0.25, -0.2) is 9.18 Å². The van der Waals surface area contributed by atoms with Crippen molar-refractivity contribution in [3.05, 3.63) is 30.1 Å². The number of carboxylic acids is 2. The summed E-state index contributed by atoms with van der Waals surface area (Å²) in [5.74, 6) is -4.08. The van der Waals surface area contributed by atoms with Gasteiger partial charge in [-0.2, -0.15) is 0 Å². The van der Waals surface area contributed by atoms with E-state index in [-0.39, 0.29) is 18.8 Å². The number of hydrogen-bond donors (Lipinski definition) is 3. The lowest BCUT2D eigenvalue weighted by atomic mass is 10.2. The summed E-state index contributed by atoms with van der Waals surface area (Å²) in [5, 5.41) is 19.3. The molecule has 0 saturated carbocycles. The van der Waals surface area contributed by atoms with Crippen molar-refractivity contribution >= 4 is 17.8 Å². The van der Waals surface area contributed by atoms with Gasteiger partial charge >= 0.3 is 11.9 Å². The van der Waals surface area contributed by atoms with E-state index in [0.717, 1.165) is 0 Å². The van der Waals surface area contributed by atoms with Crippen molar-refractivity contribution in [1.29, 1.82) is 0 Å². The molecular weight excluding hydrogens is 285 g/mol. The minimum absolute atomic E-state index is 0.0226. The normalized spacial score (nSPS) is 11.5. The van der Waals surface area contributed by atoms with E-state index in [1.165, 1.54) is 18.2 Å². The predicted octanol–water partition coefficient (Wildman–Crippen LogP) is 0.639. The average molecular weight is 299 g/mol. The summed E-state index contributed by atoms with van der Waals surface area (Å²) in [5.41, 5.74) is 0. The summed E-state index contributed by atoms with van der Waals surface area (Å²) in [7, 11) is 0.